The van der Waals surface area contributed by atoms with Crippen molar-refractivity contribution in [3.8, 4) is 17.2 Å². The molecule has 0 saturated carbocycles. The van der Waals surface area contributed by atoms with Gasteiger partial charge in [0.25, 0.3) is 5.91 Å². The second kappa shape index (κ2) is 7.23. The topological polar surface area (TPSA) is 82.8 Å². The number of amides is 1. The first-order valence-corrected chi connectivity index (χ1v) is 7.45. The average Bonchev–Trinajstić information content (AvgIpc) is 2.56. The largest absolute Gasteiger partial charge is 0.497 e. The van der Waals surface area contributed by atoms with Crippen LogP contribution in [0, 0.1) is 0 Å². The molecule has 1 amide bonds. The summed E-state index contributed by atoms with van der Waals surface area (Å²) >= 11 is 3.37. The fourth-order valence-corrected chi connectivity index (χ4v) is 2.57. The normalized spacial score (nSPS) is 10.1. The quantitative estimate of drug-likeness (QED) is 0.777. The number of carbonyl (C=O) groups excluding carboxylic acids is 1. The number of anilines is 2. The maximum absolute atomic E-state index is 12.5. The van der Waals surface area contributed by atoms with Crippen LogP contribution in [-0.4, -0.2) is 27.2 Å². The second-order valence-corrected chi connectivity index (χ2v) is 5.49. The van der Waals surface area contributed by atoms with E-state index in [4.69, 9.17) is 19.9 Å². The molecule has 0 unspecified atom stereocenters. The van der Waals surface area contributed by atoms with Crippen LogP contribution in [0.15, 0.2) is 34.8 Å². The summed E-state index contributed by atoms with van der Waals surface area (Å²) in [5, 5.41) is 2.80. The number of carbonyl (C=O) groups is 1. The van der Waals surface area contributed by atoms with Crippen LogP contribution in [0.5, 0.6) is 17.2 Å². The van der Waals surface area contributed by atoms with Crippen molar-refractivity contribution < 1.29 is 19.0 Å². The number of ether oxygens (including phenoxy) is 3. The van der Waals surface area contributed by atoms with Crippen molar-refractivity contribution in [2.75, 3.05) is 32.4 Å². The standard InChI is InChI=1S/C16H17BrN2O4/c1-21-11-4-9(5-12(8-11)22-2)16(20)19-15-13(17)6-10(18)7-14(15)23-3/h4-8H,18H2,1-3H3,(H,19,20). The van der Waals surface area contributed by atoms with E-state index in [9.17, 15) is 4.79 Å². The Morgan fingerprint density at radius 1 is 1.00 bits per heavy atom. The van der Waals surface area contributed by atoms with Crippen molar-refractivity contribution in [3.05, 3.63) is 40.4 Å². The van der Waals surface area contributed by atoms with E-state index in [-0.39, 0.29) is 5.91 Å². The van der Waals surface area contributed by atoms with Crippen LogP contribution in [0.3, 0.4) is 0 Å². The van der Waals surface area contributed by atoms with Crippen molar-refractivity contribution >= 4 is 33.2 Å². The van der Waals surface area contributed by atoms with Crippen molar-refractivity contribution in [2.45, 2.75) is 0 Å². The van der Waals surface area contributed by atoms with Gasteiger partial charge in [-0.25, -0.2) is 0 Å². The van der Waals surface area contributed by atoms with Crippen LogP contribution in [0.25, 0.3) is 0 Å². The van der Waals surface area contributed by atoms with Gasteiger partial charge in [-0.15, -0.1) is 0 Å². The summed E-state index contributed by atoms with van der Waals surface area (Å²) in [7, 11) is 4.55. The first kappa shape index (κ1) is 17.0. The molecule has 0 saturated heterocycles. The fourth-order valence-electron chi connectivity index (χ4n) is 2.01. The first-order valence-electron chi connectivity index (χ1n) is 6.66. The highest BCUT2D eigenvalue weighted by Crippen LogP contribution is 2.35. The summed E-state index contributed by atoms with van der Waals surface area (Å²) in [6.45, 7) is 0. The highest BCUT2D eigenvalue weighted by atomic mass is 79.9. The Labute approximate surface area is 142 Å². The van der Waals surface area contributed by atoms with Crippen LogP contribution >= 0.6 is 15.9 Å². The number of nitrogen functional groups attached to an aromatic ring is 1. The van der Waals surface area contributed by atoms with Crippen LogP contribution in [0.2, 0.25) is 0 Å². The number of nitrogens with one attached hydrogen (secondary N) is 1. The van der Waals surface area contributed by atoms with Crippen LogP contribution in [0.4, 0.5) is 11.4 Å². The predicted molar refractivity (Wildman–Crippen MR) is 92.6 cm³/mol. The van der Waals surface area contributed by atoms with Crippen molar-refractivity contribution in [3.63, 3.8) is 0 Å². The summed E-state index contributed by atoms with van der Waals surface area (Å²) in [6.07, 6.45) is 0. The lowest BCUT2D eigenvalue weighted by Crippen LogP contribution is -2.13. The van der Waals surface area contributed by atoms with Crippen LogP contribution in [0.1, 0.15) is 10.4 Å². The molecule has 0 aliphatic rings. The predicted octanol–water partition coefficient (Wildman–Crippen LogP) is 3.31. The van der Waals surface area contributed by atoms with E-state index in [0.717, 1.165) is 0 Å². The van der Waals surface area contributed by atoms with E-state index in [1.165, 1.54) is 21.3 Å². The Bertz CT molecular complexity index is 712. The number of rotatable bonds is 5. The van der Waals surface area contributed by atoms with Gasteiger partial charge in [-0.05, 0) is 34.1 Å². The van der Waals surface area contributed by atoms with E-state index < -0.39 is 0 Å². The zero-order valence-electron chi connectivity index (χ0n) is 13.0. The molecule has 0 aliphatic carbocycles. The lowest BCUT2D eigenvalue weighted by Gasteiger charge is -2.14. The summed E-state index contributed by atoms with van der Waals surface area (Å²) in [4.78, 5) is 12.5. The van der Waals surface area contributed by atoms with Gasteiger partial charge in [0.2, 0.25) is 0 Å². The molecular formula is C16H17BrN2O4. The summed E-state index contributed by atoms with van der Waals surface area (Å²) in [6, 6.07) is 8.25. The highest BCUT2D eigenvalue weighted by molar-refractivity contribution is 9.10. The van der Waals surface area contributed by atoms with Gasteiger partial charge in [0.05, 0.1) is 27.0 Å². The SMILES string of the molecule is COc1cc(OC)cc(C(=O)Nc2c(Br)cc(N)cc2OC)c1. The molecule has 0 atom stereocenters. The maximum atomic E-state index is 12.5. The van der Waals surface area contributed by atoms with E-state index in [2.05, 4.69) is 21.2 Å². The average molecular weight is 381 g/mol. The molecule has 122 valence electrons. The Hall–Kier alpha value is -2.41. The summed E-state index contributed by atoms with van der Waals surface area (Å²) in [5.41, 5.74) is 7.18. The van der Waals surface area contributed by atoms with Crippen molar-refractivity contribution in [1.82, 2.24) is 0 Å². The van der Waals surface area contributed by atoms with Gasteiger partial charge in [0, 0.05) is 27.9 Å². The zero-order valence-corrected chi connectivity index (χ0v) is 14.6. The lowest BCUT2D eigenvalue weighted by molar-refractivity contribution is 0.102. The fraction of sp³-hybridized carbons (Fsp3) is 0.188. The summed E-state index contributed by atoms with van der Waals surface area (Å²) < 4.78 is 16.2. The van der Waals surface area contributed by atoms with Gasteiger partial charge in [-0.2, -0.15) is 0 Å². The number of benzene rings is 2. The van der Waals surface area contributed by atoms with Gasteiger partial charge in [-0.3, -0.25) is 4.79 Å². The number of hydrogen-bond donors (Lipinski definition) is 2. The molecule has 2 aromatic rings. The molecule has 2 rings (SSSR count). The van der Waals surface area contributed by atoms with Crippen molar-refractivity contribution in [2.24, 2.45) is 0 Å². The van der Waals surface area contributed by atoms with Crippen molar-refractivity contribution in [1.29, 1.82) is 0 Å². The van der Waals surface area contributed by atoms with E-state index in [0.29, 0.717) is 38.7 Å². The summed E-state index contributed by atoms with van der Waals surface area (Å²) in [5.74, 6) is 1.18. The Kier molecular flexibility index (Phi) is 5.33. The lowest BCUT2D eigenvalue weighted by atomic mass is 10.1. The molecule has 3 N–H and O–H groups in total. The molecule has 6 nitrogen and oxygen atoms in total. The van der Waals surface area contributed by atoms with E-state index >= 15 is 0 Å². The molecule has 7 heteroatoms. The van der Waals surface area contributed by atoms with Gasteiger partial charge in [-0.1, -0.05) is 0 Å². The smallest absolute Gasteiger partial charge is 0.256 e. The monoisotopic (exact) mass is 380 g/mol. The third-order valence-corrected chi connectivity index (χ3v) is 3.77. The Morgan fingerprint density at radius 3 is 2.13 bits per heavy atom. The Balaban J connectivity index is 2.36. The first-order chi connectivity index (χ1) is 11.0. The number of methoxy groups -OCH3 is 3. The minimum Gasteiger partial charge on any atom is -0.497 e. The van der Waals surface area contributed by atoms with E-state index in [1.54, 1.807) is 30.3 Å². The number of nitrogens with two attached hydrogens (primary N) is 1. The number of halogens is 1. The minimum absolute atomic E-state index is 0.328. The molecule has 0 fully saturated rings. The molecule has 0 radical (unpaired) electrons. The highest BCUT2D eigenvalue weighted by Gasteiger charge is 2.15. The molecule has 0 aliphatic heterocycles. The number of hydrogen-bond acceptors (Lipinski definition) is 5. The third kappa shape index (κ3) is 3.87. The van der Waals surface area contributed by atoms with Crippen LogP contribution in [-0.2, 0) is 0 Å². The molecule has 0 spiro atoms. The molecule has 2 aromatic carbocycles. The second-order valence-electron chi connectivity index (χ2n) is 4.64. The van der Waals surface area contributed by atoms with E-state index in [1.807, 2.05) is 0 Å². The van der Waals surface area contributed by atoms with Gasteiger partial charge < -0.3 is 25.3 Å². The van der Waals surface area contributed by atoms with Gasteiger partial charge >= 0.3 is 0 Å². The van der Waals surface area contributed by atoms with Gasteiger partial charge in [0.15, 0.2) is 0 Å². The molecular weight excluding hydrogens is 364 g/mol. The maximum Gasteiger partial charge on any atom is 0.256 e. The van der Waals surface area contributed by atoms with Gasteiger partial charge in [0.1, 0.15) is 17.2 Å². The minimum atomic E-state index is -0.328. The van der Waals surface area contributed by atoms with Crippen LogP contribution < -0.4 is 25.3 Å². The molecule has 0 bridgehead atoms. The Morgan fingerprint density at radius 2 is 1.61 bits per heavy atom. The molecule has 0 aromatic heterocycles. The third-order valence-electron chi connectivity index (χ3n) is 3.15. The zero-order chi connectivity index (χ0) is 17.0. The molecule has 0 heterocycles. The molecule has 23 heavy (non-hydrogen) atoms.